The first-order valence-corrected chi connectivity index (χ1v) is 7.07. The van der Waals surface area contributed by atoms with Gasteiger partial charge < -0.3 is 15.8 Å². The zero-order chi connectivity index (χ0) is 13.7. The van der Waals surface area contributed by atoms with Gasteiger partial charge in [-0.2, -0.15) is 4.98 Å². The number of anilines is 1. The molecule has 1 fully saturated rings. The van der Waals surface area contributed by atoms with Gasteiger partial charge in [-0.3, -0.25) is 0 Å². The molecule has 6 heteroatoms. The summed E-state index contributed by atoms with van der Waals surface area (Å²) in [6.45, 7) is 1.49. The van der Waals surface area contributed by atoms with Gasteiger partial charge in [0.2, 0.25) is 0 Å². The molecule has 1 aromatic heterocycles. The molecular formula is C13H21ClN4O. The van der Waals surface area contributed by atoms with Gasteiger partial charge in [-0.1, -0.05) is 30.9 Å². The van der Waals surface area contributed by atoms with Crippen LogP contribution >= 0.6 is 11.6 Å². The number of hydrogen-bond donors (Lipinski definition) is 2. The van der Waals surface area contributed by atoms with Crippen LogP contribution in [0.4, 0.5) is 5.82 Å². The van der Waals surface area contributed by atoms with Gasteiger partial charge in [0.1, 0.15) is 5.02 Å². The molecule has 0 atom stereocenters. The number of nitrogens with two attached hydrogens (primary N) is 1. The number of rotatable bonds is 5. The Morgan fingerprint density at radius 2 is 2.16 bits per heavy atom. The summed E-state index contributed by atoms with van der Waals surface area (Å²) in [4.78, 5) is 8.18. The first-order chi connectivity index (χ1) is 9.19. The fourth-order valence-corrected chi connectivity index (χ4v) is 2.76. The normalized spacial score (nSPS) is 18.1. The smallest absolute Gasteiger partial charge is 0.318 e. The van der Waals surface area contributed by atoms with E-state index in [9.17, 15) is 0 Å². The Kier molecular flexibility index (Phi) is 4.82. The summed E-state index contributed by atoms with van der Waals surface area (Å²) >= 11 is 6.09. The monoisotopic (exact) mass is 284 g/mol. The standard InChI is InChI=1S/C13H21ClN4O/c1-19-12-16-7-10(14)11(18-12)17-9-13(8-15)5-3-2-4-6-13/h7H,2-6,8-9,15H2,1H3,(H,16,17,18). The molecule has 0 aliphatic heterocycles. The lowest BCUT2D eigenvalue weighted by Crippen LogP contribution is -2.39. The molecule has 0 aromatic carbocycles. The number of nitrogens with one attached hydrogen (secondary N) is 1. The van der Waals surface area contributed by atoms with Crippen LogP contribution in [0, 0.1) is 5.41 Å². The highest BCUT2D eigenvalue weighted by molar-refractivity contribution is 6.32. The topological polar surface area (TPSA) is 73.1 Å². The van der Waals surface area contributed by atoms with Crippen molar-refractivity contribution in [3.05, 3.63) is 11.2 Å². The van der Waals surface area contributed by atoms with Crippen LogP contribution < -0.4 is 15.8 Å². The van der Waals surface area contributed by atoms with Gasteiger partial charge in [-0.25, -0.2) is 4.98 Å². The summed E-state index contributed by atoms with van der Waals surface area (Å²) < 4.78 is 5.01. The van der Waals surface area contributed by atoms with E-state index in [1.165, 1.54) is 26.4 Å². The number of aromatic nitrogens is 2. The van der Waals surface area contributed by atoms with Crippen molar-refractivity contribution in [1.82, 2.24) is 9.97 Å². The molecule has 0 unspecified atom stereocenters. The molecule has 1 heterocycles. The number of methoxy groups -OCH3 is 1. The van der Waals surface area contributed by atoms with Gasteiger partial charge in [-0.15, -0.1) is 0 Å². The summed E-state index contributed by atoms with van der Waals surface area (Å²) in [5, 5.41) is 3.81. The molecule has 0 bridgehead atoms. The maximum atomic E-state index is 6.09. The molecule has 2 rings (SSSR count). The zero-order valence-electron chi connectivity index (χ0n) is 11.3. The van der Waals surface area contributed by atoms with Gasteiger partial charge in [0, 0.05) is 6.54 Å². The fourth-order valence-electron chi connectivity index (χ4n) is 2.60. The SMILES string of the molecule is COc1ncc(Cl)c(NCC2(CN)CCCCC2)n1. The lowest BCUT2D eigenvalue weighted by atomic mass is 9.74. The minimum absolute atomic E-state index is 0.166. The van der Waals surface area contributed by atoms with E-state index in [1.807, 2.05) is 0 Å². The molecule has 1 aromatic rings. The van der Waals surface area contributed by atoms with E-state index in [1.54, 1.807) is 6.20 Å². The molecule has 1 saturated carbocycles. The summed E-state index contributed by atoms with van der Waals surface area (Å²) in [6, 6.07) is 0.317. The molecule has 1 aliphatic rings. The lowest BCUT2D eigenvalue weighted by molar-refractivity contribution is 0.215. The first-order valence-electron chi connectivity index (χ1n) is 6.70. The summed E-state index contributed by atoms with van der Waals surface area (Å²) in [7, 11) is 1.54. The van der Waals surface area contributed by atoms with Crippen molar-refractivity contribution in [2.45, 2.75) is 32.1 Å². The third-order valence-corrected chi connectivity index (χ3v) is 4.16. The van der Waals surface area contributed by atoms with Crippen molar-refractivity contribution in [2.75, 3.05) is 25.5 Å². The fraction of sp³-hybridized carbons (Fsp3) is 0.692. The molecule has 5 nitrogen and oxygen atoms in total. The quantitative estimate of drug-likeness (QED) is 0.869. The Balaban J connectivity index is 2.04. The van der Waals surface area contributed by atoms with E-state index < -0.39 is 0 Å². The van der Waals surface area contributed by atoms with E-state index in [4.69, 9.17) is 22.1 Å². The second-order valence-corrected chi connectivity index (χ2v) is 5.58. The number of halogens is 1. The van der Waals surface area contributed by atoms with Crippen LogP contribution in [0.3, 0.4) is 0 Å². The molecule has 0 radical (unpaired) electrons. The van der Waals surface area contributed by atoms with E-state index in [2.05, 4.69) is 15.3 Å². The molecule has 106 valence electrons. The minimum Gasteiger partial charge on any atom is -0.467 e. The predicted octanol–water partition coefficient (Wildman–Crippen LogP) is 2.46. The Labute approximate surface area is 118 Å². The molecule has 3 N–H and O–H groups in total. The van der Waals surface area contributed by atoms with Crippen LogP contribution in [0.5, 0.6) is 6.01 Å². The third kappa shape index (κ3) is 3.48. The van der Waals surface area contributed by atoms with Crippen molar-refractivity contribution in [2.24, 2.45) is 11.1 Å². The Morgan fingerprint density at radius 3 is 2.79 bits per heavy atom. The van der Waals surface area contributed by atoms with Crippen LogP contribution in [0.2, 0.25) is 5.02 Å². The average Bonchev–Trinajstić information content (AvgIpc) is 2.47. The van der Waals surface area contributed by atoms with Crippen LogP contribution in [0.25, 0.3) is 0 Å². The lowest BCUT2D eigenvalue weighted by Gasteiger charge is -2.36. The molecule has 0 amide bonds. The largest absolute Gasteiger partial charge is 0.467 e. The first kappa shape index (κ1) is 14.3. The maximum Gasteiger partial charge on any atom is 0.318 e. The van der Waals surface area contributed by atoms with Crippen molar-refractivity contribution in [1.29, 1.82) is 0 Å². The van der Waals surface area contributed by atoms with E-state index in [-0.39, 0.29) is 5.41 Å². The Morgan fingerprint density at radius 1 is 1.42 bits per heavy atom. The Hall–Kier alpha value is -1.07. The highest BCUT2D eigenvalue weighted by atomic mass is 35.5. The van der Waals surface area contributed by atoms with E-state index in [0.29, 0.717) is 23.4 Å². The van der Waals surface area contributed by atoms with Crippen LogP contribution in [-0.4, -0.2) is 30.2 Å². The van der Waals surface area contributed by atoms with Gasteiger partial charge in [0.05, 0.1) is 13.3 Å². The molecule has 0 saturated heterocycles. The van der Waals surface area contributed by atoms with Gasteiger partial charge in [0.15, 0.2) is 5.82 Å². The van der Waals surface area contributed by atoms with Crippen molar-refractivity contribution in [3.63, 3.8) is 0 Å². The maximum absolute atomic E-state index is 6.09. The molecular weight excluding hydrogens is 264 g/mol. The molecule has 1 aliphatic carbocycles. The number of nitrogens with zero attached hydrogens (tertiary/aromatic N) is 2. The van der Waals surface area contributed by atoms with Crippen molar-refractivity contribution >= 4 is 17.4 Å². The van der Waals surface area contributed by atoms with E-state index >= 15 is 0 Å². The average molecular weight is 285 g/mol. The number of hydrogen-bond acceptors (Lipinski definition) is 5. The van der Waals surface area contributed by atoms with Crippen LogP contribution in [0.1, 0.15) is 32.1 Å². The predicted molar refractivity (Wildman–Crippen MR) is 76.7 cm³/mol. The zero-order valence-corrected chi connectivity index (χ0v) is 12.0. The van der Waals surface area contributed by atoms with Crippen LogP contribution in [0.15, 0.2) is 6.20 Å². The van der Waals surface area contributed by atoms with E-state index in [0.717, 1.165) is 19.4 Å². The number of ether oxygens (including phenoxy) is 1. The molecule has 19 heavy (non-hydrogen) atoms. The van der Waals surface area contributed by atoms with Crippen molar-refractivity contribution < 1.29 is 4.74 Å². The Bertz CT molecular complexity index is 421. The second kappa shape index (κ2) is 6.39. The van der Waals surface area contributed by atoms with Gasteiger partial charge >= 0.3 is 6.01 Å². The van der Waals surface area contributed by atoms with Crippen molar-refractivity contribution in [3.8, 4) is 6.01 Å². The third-order valence-electron chi connectivity index (χ3n) is 3.88. The highest BCUT2D eigenvalue weighted by Gasteiger charge is 2.30. The summed E-state index contributed by atoms with van der Waals surface area (Å²) in [5.41, 5.74) is 6.13. The van der Waals surface area contributed by atoms with Gasteiger partial charge in [0.25, 0.3) is 0 Å². The minimum atomic E-state index is 0.166. The summed E-state index contributed by atoms with van der Waals surface area (Å²) in [6.07, 6.45) is 7.68. The highest BCUT2D eigenvalue weighted by Crippen LogP contribution is 2.35. The molecule has 0 spiro atoms. The summed E-state index contributed by atoms with van der Waals surface area (Å²) in [5.74, 6) is 0.618. The van der Waals surface area contributed by atoms with Crippen LogP contribution in [-0.2, 0) is 0 Å². The van der Waals surface area contributed by atoms with Gasteiger partial charge in [-0.05, 0) is 24.8 Å². The second-order valence-electron chi connectivity index (χ2n) is 5.17.